The molecule has 7 heteroatoms. The summed E-state index contributed by atoms with van der Waals surface area (Å²) in [4.78, 5) is 15.9. The van der Waals surface area contributed by atoms with Crippen molar-refractivity contribution in [3.8, 4) is 10.7 Å². The number of carboxylic acids is 1. The number of thiophene rings is 1. The predicted molar refractivity (Wildman–Crippen MR) is 70.6 cm³/mol. The van der Waals surface area contributed by atoms with E-state index in [0.29, 0.717) is 23.2 Å². The summed E-state index contributed by atoms with van der Waals surface area (Å²) < 4.78 is 5.11. The maximum atomic E-state index is 10.6. The Morgan fingerprint density at radius 3 is 3.17 bits per heavy atom. The zero-order valence-electron chi connectivity index (χ0n) is 9.70. The molecule has 0 fully saturated rings. The largest absolute Gasteiger partial charge is 0.481 e. The fraction of sp³-hybridized carbons (Fsp3) is 0.364. The van der Waals surface area contributed by atoms with Crippen molar-refractivity contribution in [2.24, 2.45) is 5.92 Å². The molecule has 18 heavy (non-hydrogen) atoms. The van der Waals surface area contributed by atoms with Crippen molar-refractivity contribution in [1.82, 2.24) is 10.1 Å². The molecule has 1 atom stereocenters. The van der Waals surface area contributed by atoms with E-state index in [1.54, 1.807) is 18.3 Å². The van der Waals surface area contributed by atoms with Crippen LogP contribution in [0.2, 0.25) is 0 Å². The summed E-state index contributed by atoms with van der Waals surface area (Å²) in [5.74, 6) is 1.04. The summed E-state index contributed by atoms with van der Waals surface area (Å²) in [5.41, 5.74) is 0. The molecule has 2 rings (SSSR count). The maximum absolute atomic E-state index is 10.6. The fourth-order valence-corrected chi connectivity index (χ4v) is 2.77. The van der Waals surface area contributed by atoms with Gasteiger partial charge in [-0.05, 0) is 11.4 Å². The molecular formula is C11H12N2O3S2. The van der Waals surface area contributed by atoms with Crippen molar-refractivity contribution < 1.29 is 14.4 Å². The molecular weight excluding hydrogens is 272 g/mol. The lowest BCUT2D eigenvalue weighted by atomic mass is 10.2. The average Bonchev–Trinajstić information content (AvgIpc) is 2.98. The Bertz CT molecular complexity index is 510. The third kappa shape index (κ3) is 3.33. The van der Waals surface area contributed by atoms with E-state index < -0.39 is 5.97 Å². The summed E-state index contributed by atoms with van der Waals surface area (Å²) in [6, 6.07) is 3.86. The predicted octanol–water partition coefficient (Wildman–Crippen LogP) is 2.75. The third-order valence-corrected chi connectivity index (χ3v) is 4.28. The van der Waals surface area contributed by atoms with Gasteiger partial charge in [0.15, 0.2) is 0 Å². The maximum Gasteiger partial charge on any atom is 0.307 e. The molecule has 2 heterocycles. The van der Waals surface area contributed by atoms with E-state index in [1.165, 1.54) is 11.8 Å². The Morgan fingerprint density at radius 1 is 1.67 bits per heavy atom. The van der Waals surface area contributed by atoms with Gasteiger partial charge in [-0.15, -0.1) is 11.3 Å². The molecule has 0 saturated heterocycles. The van der Waals surface area contributed by atoms with Crippen molar-refractivity contribution in [2.75, 3.05) is 5.75 Å². The van der Waals surface area contributed by atoms with E-state index >= 15 is 0 Å². The Hall–Kier alpha value is -1.34. The Morgan fingerprint density at radius 2 is 2.50 bits per heavy atom. The van der Waals surface area contributed by atoms with Crippen LogP contribution in [0.5, 0.6) is 0 Å². The summed E-state index contributed by atoms with van der Waals surface area (Å²) >= 11 is 3.03. The van der Waals surface area contributed by atoms with E-state index in [4.69, 9.17) is 9.63 Å². The first-order valence-corrected chi connectivity index (χ1v) is 7.37. The lowest BCUT2D eigenvalue weighted by molar-refractivity contribution is -0.140. The number of carboxylic acid groups (broad SMARTS) is 1. The molecule has 96 valence electrons. The van der Waals surface area contributed by atoms with E-state index in [9.17, 15) is 4.79 Å². The Balaban J connectivity index is 1.86. The van der Waals surface area contributed by atoms with Gasteiger partial charge < -0.3 is 9.63 Å². The zero-order valence-corrected chi connectivity index (χ0v) is 11.3. The summed E-state index contributed by atoms with van der Waals surface area (Å²) in [6.07, 6.45) is 0. The van der Waals surface area contributed by atoms with Crippen LogP contribution in [-0.2, 0) is 10.5 Å². The number of hydrogen-bond acceptors (Lipinski definition) is 6. The van der Waals surface area contributed by atoms with E-state index in [0.717, 1.165) is 4.88 Å². The number of thioether (sulfide) groups is 1. The molecule has 0 radical (unpaired) electrons. The summed E-state index contributed by atoms with van der Waals surface area (Å²) in [6.45, 7) is 1.68. The molecule has 1 N–H and O–H groups in total. The van der Waals surface area contributed by atoms with Crippen LogP contribution in [0.15, 0.2) is 22.0 Å². The number of nitrogens with zero attached hydrogens (tertiary/aromatic N) is 2. The molecule has 2 aromatic heterocycles. The van der Waals surface area contributed by atoms with Gasteiger partial charge in [0, 0.05) is 5.75 Å². The SMILES string of the molecule is CC(CSCc1nc(-c2cccs2)no1)C(=O)O. The van der Waals surface area contributed by atoms with Crippen LogP contribution in [0.4, 0.5) is 0 Å². The van der Waals surface area contributed by atoms with Crippen molar-refractivity contribution in [3.05, 3.63) is 23.4 Å². The van der Waals surface area contributed by atoms with E-state index in [2.05, 4.69) is 10.1 Å². The minimum absolute atomic E-state index is 0.366. The van der Waals surface area contributed by atoms with Crippen LogP contribution in [0, 0.1) is 5.92 Å². The van der Waals surface area contributed by atoms with Gasteiger partial charge in [0.25, 0.3) is 0 Å². The molecule has 0 saturated carbocycles. The van der Waals surface area contributed by atoms with Gasteiger partial charge >= 0.3 is 5.97 Å². The monoisotopic (exact) mass is 284 g/mol. The highest BCUT2D eigenvalue weighted by atomic mass is 32.2. The molecule has 0 aliphatic rings. The van der Waals surface area contributed by atoms with Gasteiger partial charge in [0.1, 0.15) is 0 Å². The molecule has 2 aromatic rings. The fourth-order valence-electron chi connectivity index (χ4n) is 1.21. The summed E-state index contributed by atoms with van der Waals surface area (Å²) in [5, 5.41) is 14.6. The third-order valence-electron chi connectivity index (χ3n) is 2.22. The highest BCUT2D eigenvalue weighted by Gasteiger charge is 2.13. The minimum Gasteiger partial charge on any atom is -0.481 e. The van der Waals surface area contributed by atoms with E-state index in [-0.39, 0.29) is 5.92 Å². The number of aromatic nitrogens is 2. The molecule has 0 spiro atoms. The van der Waals surface area contributed by atoms with Crippen LogP contribution in [0.3, 0.4) is 0 Å². The van der Waals surface area contributed by atoms with Crippen LogP contribution < -0.4 is 0 Å². The number of aliphatic carboxylic acids is 1. The van der Waals surface area contributed by atoms with Crippen LogP contribution in [-0.4, -0.2) is 27.0 Å². The van der Waals surface area contributed by atoms with E-state index in [1.807, 2.05) is 17.5 Å². The van der Waals surface area contributed by atoms with Crippen LogP contribution >= 0.6 is 23.1 Å². The lowest BCUT2D eigenvalue weighted by Crippen LogP contribution is -2.11. The van der Waals surface area contributed by atoms with Gasteiger partial charge in [-0.1, -0.05) is 18.1 Å². The van der Waals surface area contributed by atoms with Crippen LogP contribution in [0.25, 0.3) is 10.7 Å². The topological polar surface area (TPSA) is 76.2 Å². The number of hydrogen-bond donors (Lipinski definition) is 1. The van der Waals surface area contributed by atoms with Gasteiger partial charge in [0.05, 0.1) is 16.5 Å². The van der Waals surface area contributed by atoms with Gasteiger partial charge in [0.2, 0.25) is 11.7 Å². The second kappa shape index (κ2) is 6.01. The molecule has 0 aliphatic heterocycles. The highest BCUT2D eigenvalue weighted by molar-refractivity contribution is 7.98. The standard InChI is InChI=1S/C11H12N2O3S2/c1-7(11(14)15)5-17-6-9-12-10(13-16-9)8-3-2-4-18-8/h2-4,7H,5-6H2,1H3,(H,14,15). The molecule has 5 nitrogen and oxygen atoms in total. The summed E-state index contributed by atoms with van der Waals surface area (Å²) in [7, 11) is 0. The molecule has 0 amide bonds. The smallest absolute Gasteiger partial charge is 0.307 e. The number of rotatable bonds is 6. The zero-order chi connectivity index (χ0) is 13.0. The molecule has 0 bridgehead atoms. The Kier molecular flexibility index (Phi) is 4.38. The molecule has 0 aliphatic carbocycles. The minimum atomic E-state index is -0.785. The first-order chi connectivity index (χ1) is 8.66. The highest BCUT2D eigenvalue weighted by Crippen LogP contribution is 2.22. The van der Waals surface area contributed by atoms with Crippen molar-refractivity contribution >= 4 is 29.1 Å². The quantitative estimate of drug-likeness (QED) is 0.879. The second-order valence-corrected chi connectivity index (χ2v) is 5.72. The van der Waals surface area contributed by atoms with Gasteiger partial charge in [-0.2, -0.15) is 16.7 Å². The average molecular weight is 284 g/mol. The van der Waals surface area contributed by atoms with Crippen molar-refractivity contribution in [3.63, 3.8) is 0 Å². The number of carbonyl (C=O) groups is 1. The molecule has 1 unspecified atom stereocenters. The normalized spacial score (nSPS) is 12.5. The van der Waals surface area contributed by atoms with Gasteiger partial charge in [-0.25, -0.2) is 0 Å². The van der Waals surface area contributed by atoms with Crippen molar-refractivity contribution in [2.45, 2.75) is 12.7 Å². The molecule has 0 aromatic carbocycles. The van der Waals surface area contributed by atoms with Gasteiger partial charge in [-0.3, -0.25) is 4.79 Å². The van der Waals surface area contributed by atoms with Crippen molar-refractivity contribution in [1.29, 1.82) is 0 Å². The first kappa shape index (κ1) is 13.1. The first-order valence-electron chi connectivity index (χ1n) is 5.34. The lowest BCUT2D eigenvalue weighted by Gasteiger charge is -2.02. The second-order valence-electron chi connectivity index (χ2n) is 3.74. The van der Waals surface area contributed by atoms with Crippen LogP contribution in [0.1, 0.15) is 12.8 Å². The Labute approximate surface area is 112 Å².